The second-order valence-electron chi connectivity index (χ2n) is 3.15. The molecule has 1 heterocycles. The molecule has 82 valence electrons. The lowest BCUT2D eigenvalue weighted by atomic mass is 10.1. The fourth-order valence-corrected chi connectivity index (χ4v) is 1.77. The van der Waals surface area contributed by atoms with Gasteiger partial charge in [0, 0.05) is 17.0 Å². The molecule has 0 bridgehead atoms. The number of carboxylic acids is 1. The van der Waals surface area contributed by atoms with Crippen molar-refractivity contribution in [2.24, 2.45) is 0 Å². The molecule has 16 heavy (non-hydrogen) atoms. The maximum absolute atomic E-state index is 11.1. The van der Waals surface area contributed by atoms with Gasteiger partial charge in [-0.1, -0.05) is 23.7 Å². The average molecular weight is 238 g/mol. The molecule has 0 aliphatic heterocycles. The first-order valence-electron chi connectivity index (χ1n) is 4.49. The van der Waals surface area contributed by atoms with Crippen LogP contribution in [0.5, 0.6) is 5.75 Å². The number of hydrogen-bond donors (Lipinski definition) is 1. The monoisotopic (exact) mass is 237 g/mol. The molecule has 0 radical (unpaired) electrons. The number of nitrogens with zero attached hydrogens (tertiary/aromatic N) is 1. The molecule has 0 saturated heterocycles. The van der Waals surface area contributed by atoms with Gasteiger partial charge in [0.1, 0.15) is 10.9 Å². The number of ether oxygens (including phenoxy) is 1. The van der Waals surface area contributed by atoms with E-state index in [9.17, 15) is 4.79 Å². The molecule has 4 nitrogen and oxygen atoms in total. The number of fused-ring (bicyclic) bond motifs is 1. The number of aromatic nitrogens is 1. The molecular formula is C11H8ClNO3. The summed E-state index contributed by atoms with van der Waals surface area (Å²) in [5.41, 5.74) is 0.0804. The van der Waals surface area contributed by atoms with Crippen LogP contribution in [0.15, 0.2) is 24.4 Å². The van der Waals surface area contributed by atoms with Gasteiger partial charge in [-0.05, 0) is 6.07 Å². The highest BCUT2D eigenvalue weighted by molar-refractivity contribution is 6.35. The topological polar surface area (TPSA) is 59.4 Å². The van der Waals surface area contributed by atoms with Crippen LogP contribution in [0.2, 0.25) is 5.15 Å². The van der Waals surface area contributed by atoms with Gasteiger partial charge < -0.3 is 9.84 Å². The molecule has 0 aliphatic carbocycles. The highest BCUT2D eigenvalue weighted by Crippen LogP contribution is 2.31. The molecule has 0 aliphatic rings. The number of pyridine rings is 1. The van der Waals surface area contributed by atoms with E-state index in [1.165, 1.54) is 13.3 Å². The number of methoxy groups -OCH3 is 1. The number of aromatic carboxylic acids is 1. The van der Waals surface area contributed by atoms with E-state index >= 15 is 0 Å². The van der Waals surface area contributed by atoms with Gasteiger partial charge >= 0.3 is 5.97 Å². The Hall–Kier alpha value is -1.81. The van der Waals surface area contributed by atoms with Crippen molar-refractivity contribution in [2.45, 2.75) is 0 Å². The second-order valence-corrected chi connectivity index (χ2v) is 3.51. The van der Waals surface area contributed by atoms with Gasteiger partial charge in [0.05, 0.1) is 12.7 Å². The lowest BCUT2D eigenvalue weighted by Gasteiger charge is -2.08. The Morgan fingerprint density at radius 3 is 2.88 bits per heavy atom. The van der Waals surface area contributed by atoms with Crippen LogP contribution < -0.4 is 4.74 Å². The minimum atomic E-state index is -1.06. The summed E-state index contributed by atoms with van der Waals surface area (Å²) in [7, 11) is 1.48. The van der Waals surface area contributed by atoms with Crippen molar-refractivity contribution in [3.63, 3.8) is 0 Å². The van der Waals surface area contributed by atoms with E-state index < -0.39 is 5.97 Å². The molecule has 1 aromatic heterocycles. The zero-order valence-electron chi connectivity index (χ0n) is 8.40. The first-order valence-corrected chi connectivity index (χ1v) is 4.87. The van der Waals surface area contributed by atoms with Gasteiger partial charge in [-0.15, -0.1) is 0 Å². The summed E-state index contributed by atoms with van der Waals surface area (Å²) in [5.74, 6) is -0.585. The molecule has 5 heteroatoms. The molecule has 0 saturated carbocycles. The zero-order chi connectivity index (χ0) is 11.7. The number of benzene rings is 1. The lowest BCUT2D eigenvalue weighted by Crippen LogP contribution is -2.00. The van der Waals surface area contributed by atoms with Crippen LogP contribution in [-0.4, -0.2) is 23.2 Å². The summed E-state index contributed by atoms with van der Waals surface area (Å²) in [5, 5.41) is 10.4. The van der Waals surface area contributed by atoms with Crippen molar-refractivity contribution in [3.8, 4) is 5.75 Å². The van der Waals surface area contributed by atoms with Crippen molar-refractivity contribution in [1.82, 2.24) is 4.98 Å². The third-order valence-electron chi connectivity index (χ3n) is 2.28. The molecule has 0 atom stereocenters. The van der Waals surface area contributed by atoms with Crippen LogP contribution >= 0.6 is 11.6 Å². The molecule has 1 N–H and O–H groups in total. The molecule has 2 rings (SSSR count). The predicted octanol–water partition coefficient (Wildman–Crippen LogP) is 2.60. The standard InChI is InChI=1S/C11H8ClNO3/c1-16-8-4-2-3-6-9(8)7(11(14)15)5-13-10(6)12/h2-5H,1H3,(H,14,15). The Kier molecular flexibility index (Phi) is 2.66. The van der Waals surface area contributed by atoms with Crippen LogP contribution in [0.1, 0.15) is 10.4 Å². The van der Waals surface area contributed by atoms with Crippen LogP contribution in [-0.2, 0) is 0 Å². The van der Waals surface area contributed by atoms with Crippen molar-refractivity contribution in [1.29, 1.82) is 0 Å². The Labute approximate surface area is 96.4 Å². The average Bonchev–Trinajstić information content (AvgIpc) is 2.28. The van der Waals surface area contributed by atoms with Gasteiger partial charge in [-0.2, -0.15) is 0 Å². The van der Waals surface area contributed by atoms with E-state index in [1.54, 1.807) is 18.2 Å². The second kappa shape index (κ2) is 3.98. The fourth-order valence-electron chi connectivity index (χ4n) is 1.57. The number of carboxylic acid groups (broad SMARTS) is 1. The number of rotatable bonds is 2. The third kappa shape index (κ3) is 1.57. The van der Waals surface area contributed by atoms with Gasteiger partial charge in [-0.25, -0.2) is 9.78 Å². The molecule has 2 aromatic rings. The van der Waals surface area contributed by atoms with Crippen molar-refractivity contribution in [3.05, 3.63) is 35.1 Å². The Balaban J connectivity index is 2.93. The predicted molar refractivity (Wildman–Crippen MR) is 60.3 cm³/mol. The lowest BCUT2D eigenvalue weighted by molar-refractivity contribution is 0.0698. The normalized spacial score (nSPS) is 10.4. The molecule has 1 aromatic carbocycles. The third-order valence-corrected chi connectivity index (χ3v) is 2.58. The zero-order valence-corrected chi connectivity index (χ0v) is 9.15. The largest absolute Gasteiger partial charge is 0.496 e. The van der Waals surface area contributed by atoms with Crippen LogP contribution in [0.3, 0.4) is 0 Å². The molecule has 0 fully saturated rings. The number of carbonyl (C=O) groups is 1. The van der Waals surface area contributed by atoms with Crippen molar-refractivity contribution in [2.75, 3.05) is 7.11 Å². The molecular weight excluding hydrogens is 230 g/mol. The first-order chi connectivity index (χ1) is 7.65. The Morgan fingerprint density at radius 2 is 2.25 bits per heavy atom. The smallest absolute Gasteiger partial charge is 0.338 e. The minimum Gasteiger partial charge on any atom is -0.496 e. The summed E-state index contributed by atoms with van der Waals surface area (Å²) in [6, 6.07) is 5.13. The van der Waals surface area contributed by atoms with E-state index in [-0.39, 0.29) is 10.7 Å². The summed E-state index contributed by atoms with van der Waals surface area (Å²) in [6.45, 7) is 0. The van der Waals surface area contributed by atoms with Crippen molar-refractivity contribution >= 4 is 28.3 Å². The number of halogens is 1. The maximum atomic E-state index is 11.1. The SMILES string of the molecule is COc1cccc2c(Cl)ncc(C(=O)O)c12. The summed E-state index contributed by atoms with van der Waals surface area (Å²) >= 11 is 5.90. The Morgan fingerprint density at radius 1 is 1.50 bits per heavy atom. The van der Waals surface area contributed by atoms with Crippen LogP contribution in [0.4, 0.5) is 0 Å². The fraction of sp³-hybridized carbons (Fsp3) is 0.0909. The first kappa shape index (κ1) is 10.7. The summed E-state index contributed by atoms with van der Waals surface area (Å²) in [6.07, 6.45) is 1.23. The van der Waals surface area contributed by atoms with Crippen molar-refractivity contribution < 1.29 is 14.6 Å². The quantitative estimate of drug-likeness (QED) is 0.816. The van der Waals surface area contributed by atoms with Crippen LogP contribution in [0.25, 0.3) is 10.8 Å². The highest BCUT2D eigenvalue weighted by Gasteiger charge is 2.15. The van der Waals surface area contributed by atoms with E-state index in [0.29, 0.717) is 16.5 Å². The summed E-state index contributed by atoms with van der Waals surface area (Å²) < 4.78 is 5.12. The molecule has 0 amide bonds. The van der Waals surface area contributed by atoms with E-state index in [4.69, 9.17) is 21.4 Å². The minimum absolute atomic E-state index is 0.0804. The van der Waals surface area contributed by atoms with Gasteiger partial charge in [0.15, 0.2) is 0 Å². The van der Waals surface area contributed by atoms with Gasteiger partial charge in [-0.3, -0.25) is 0 Å². The molecule has 0 unspecified atom stereocenters. The maximum Gasteiger partial charge on any atom is 0.338 e. The summed E-state index contributed by atoms with van der Waals surface area (Å²) in [4.78, 5) is 14.9. The molecule has 0 spiro atoms. The van der Waals surface area contributed by atoms with Gasteiger partial charge in [0.2, 0.25) is 0 Å². The number of hydrogen-bond acceptors (Lipinski definition) is 3. The van der Waals surface area contributed by atoms with E-state index in [2.05, 4.69) is 4.98 Å². The van der Waals surface area contributed by atoms with Crippen LogP contribution in [0, 0.1) is 0 Å². The van der Waals surface area contributed by atoms with E-state index in [0.717, 1.165) is 0 Å². The van der Waals surface area contributed by atoms with E-state index in [1.807, 2.05) is 0 Å². The Bertz CT molecular complexity index is 568. The van der Waals surface area contributed by atoms with Gasteiger partial charge in [0.25, 0.3) is 0 Å². The highest BCUT2D eigenvalue weighted by atomic mass is 35.5.